The average Bonchev–Trinajstić information content (AvgIpc) is 3.16. The number of ether oxygens (including phenoxy) is 1. The zero-order valence-corrected chi connectivity index (χ0v) is 17.6. The van der Waals surface area contributed by atoms with Crippen molar-refractivity contribution in [1.29, 1.82) is 0 Å². The second kappa shape index (κ2) is 8.27. The molecule has 4 heterocycles. The van der Waals surface area contributed by atoms with Crippen LogP contribution >= 0.6 is 0 Å². The molecule has 1 saturated heterocycles. The van der Waals surface area contributed by atoms with Gasteiger partial charge in [-0.2, -0.15) is 0 Å². The zero-order valence-electron chi connectivity index (χ0n) is 17.6. The molecule has 1 unspecified atom stereocenters. The molecule has 0 aliphatic carbocycles. The molecule has 1 atom stereocenters. The molecule has 2 aliphatic heterocycles. The molecule has 6 nitrogen and oxygen atoms in total. The molecule has 0 spiro atoms. The van der Waals surface area contributed by atoms with E-state index in [2.05, 4.69) is 27.1 Å². The highest BCUT2D eigenvalue weighted by atomic mass is 19.1. The van der Waals surface area contributed by atoms with Gasteiger partial charge in [-0.3, -0.25) is 9.78 Å². The number of rotatable bonds is 4. The maximum Gasteiger partial charge on any atom is 0.253 e. The van der Waals surface area contributed by atoms with Gasteiger partial charge in [0.1, 0.15) is 11.6 Å². The lowest BCUT2D eigenvalue weighted by Gasteiger charge is -2.35. The van der Waals surface area contributed by atoms with Crippen LogP contribution in [0.2, 0.25) is 0 Å². The molecule has 32 heavy (non-hydrogen) atoms. The number of pyridine rings is 2. The van der Waals surface area contributed by atoms with E-state index in [-0.39, 0.29) is 29.8 Å². The summed E-state index contributed by atoms with van der Waals surface area (Å²) in [4.78, 5) is 23.6. The molecule has 164 valence electrons. The van der Waals surface area contributed by atoms with Gasteiger partial charge in [-0.25, -0.2) is 13.8 Å². The number of nitrogens with one attached hydrogen (secondary N) is 1. The molecular weight excluding hydrogens is 414 g/mol. The van der Waals surface area contributed by atoms with Crippen LogP contribution in [0, 0.1) is 11.6 Å². The molecule has 0 saturated carbocycles. The lowest BCUT2D eigenvalue weighted by Crippen LogP contribution is -2.43. The van der Waals surface area contributed by atoms with Crippen molar-refractivity contribution in [3.05, 3.63) is 76.7 Å². The normalized spacial score (nSPS) is 17.9. The molecule has 2 aliphatic rings. The van der Waals surface area contributed by atoms with Crippen molar-refractivity contribution in [3.63, 3.8) is 0 Å². The van der Waals surface area contributed by atoms with Gasteiger partial charge in [-0.05, 0) is 42.8 Å². The van der Waals surface area contributed by atoms with Gasteiger partial charge in [0.25, 0.3) is 5.91 Å². The van der Waals surface area contributed by atoms with Crippen LogP contribution in [0.5, 0.6) is 0 Å². The van der Waals surface area contributed by atoms with Crippen LogP contribution in [0.4, 0.5) is 14.5 Å². The Labute approximate surface area is 184 Å². The number of carbonyl (C=O) groups excluding carboxylic acids is 1. The van der Waals surface area contributed by atoms with Crippen LogP contribution in [-0.4, -0.2) is 41.7 Å². The number of hydrogen-bond acceptors (Lipinski definition) is 5. The first-order chi connectivity index (χ1) is 15.5. The van der Waals surface area contributed by atoms with Crippen molar-refractivity contribution in [2.45, 2.75) is 25.9 Å². The minimum atomic E-state index is -0.692. The molecule has 3 aromatic rings. The number of aromatic nitrogens is 2. The Kier molecular flexibility index (Phi) is 5.30. The lowest BCUT2D eigenvalue weighted by molar-refractivity contribution is 0.0965. The third-order valence-corrected chi connectivity index (χ3v) is 5.92. The Hall–Kier alpha value is -3.39. The zero-order chi connectivity index (χ0) is 22.2. The second-order valence-corrected chi connectivity index (χ2v) is 8.07. The van der Waals surface area contributed by atoms with E-state index in [0.29, 0.717) is 36.5 Å². The van der Waals surface area contributed by atoms with E-state index in [1.54, 1.807) is 6.07 Å². The van der Waals surface area contributed by atoms with E-state index in [9.17, 15) is 13.6 Å². The van der Waals surface area contributed by atoms with Gasteiger partial charge in [0, 0.05) is 24.7 Å². The molecule has 0 bridgehead atoms. The quantitative estimate of drug-likeness (QED) is 0.678. The summed E-state index contributed by atoms with van der Waals surface area (Å²) in [5, 5.41) is 2.75. The molecule has 5 rings (SSSR count). The summed E-state index contributed by atoms with van der Waals surface area (Å²) in [6.07, 6.45) is 2.16. The fourth-order valence-electron chi connectivity index (χ4n) is 4.32. The van der Waals surface area contributed by atoms with Gasteiger partial charge in [-0.1, -0.05) is 6.07 Å². The molecule has 1 amide bonds. The Bertz CT molecular complexity index is 1160. The van der Waals surface area contributed by atoms with Crippen molar-refractivity contribution < 1.29 is 18.3 Å². The topological polar surface area (TPSA) is 67.3 Å². The summed E-state index contributed by atoms with van der Waals surface area (Å²) in [6.45, 7) is 4.49. The van der Waals surface area contributed by atoms with E-state index >= 15 is 0 Å². The summed E-state index contributed by atoms with van der Waals surface area (Å²) in [6, 6.07) is 9.48. The summed E-state index contributed by atoms with van der Waals surface area (Å²) < 4.78 is 34.3. The Morgan fingerprint density at radius 1 is 1.19 bits per heavy atom. The summed E-state index contributed by atoms with van der Waals surface area (Å²) in [7, 11) is 0. The maximum absolute atomic E-state index is 14.4. The molecule has 1 fully saturated rings. The molecular formula is C24H22F2N4O2. The third kappa shape index (κ3) is 3.71. The smallest absolute Gasteiger partial charge is 0.253 e. The first kappa shape index (κ1) is 20.5. The van der Waals surface area contributed by atoms with Crippen LogP contribution in [0.3, 0.4) is 0 Å². The van der Waals surface area contributed by atoms with E-state index in [1.165, 1.54) is 18.2 Å². The van der Waals surface area contributed by atoms with E-state index in [0.717, 1.165) is 17.9 Å². The van der Waals surface area contributed by atoms with Gasteiger partial charge in [0.05, 0.1) is 54.2 Å². The second-order valence-electron chi connectivity index (χ2n) is 8.07. The molecule has 1 N–H and O–H groups in total. The average molecular weight is 436 g/mol. The minimum Gasteiger partial charge on any atom is -0.377 e. The van der Waals surface area contributed by atoms with Crippen molar-refractivity contribution in [3.8, 4) is 11.3 Å². The summed E-state index contributed by atoms with van der Waals surface area (Å²) in [5.41, 5.74) is 3.33. The van der Waals surface area contributed by atoms with Crippen LogP contribution in [0.15, 0.2) is 42.6 Å². The maximum atomic E-state index is 14.4. The highest BCUT2D eigenvalue weighted by molar-refractivity contribution is 5.99. The molecule has 1 aromatic carbocycles. The van der Waals surface area contributed by atoms with Crippen LogP contribution in [0.25, 0.3) is 11.3 Å². The Balaban J connectivity index is 1.49. The predicted octanol–water partition coefficient (Wildman–Crippen LogP) is 3.48. The fourth-order valence-corrected chi connectivity index (χ4v) is 4.32. The highest BCUT2D eigenvalue weighted by Gasteiger charge is 2.27. The van der Waals surface area contributed by atoms with Crippen LogP contribution in [-0.2, 0) is 17.7 Å². The van der Waals surface area contributed by atoms with Crippen molar-refractivity contribution in [1.82, 2.24) is 15.3 Å². The summed E-state index contributed by atoms with van der Waals surface area (Å²) in [5.74, 6) is -1.62. The van der Waals surface area contributed by atoms with Gasteiger partial charge >= 0.3 is 0 Å². The number of nitrogens with zero attached hydrogens (tertiary/aromatic N) is 3. The molecule has 8 heteroatoms. The fraction of sp³-hybridized carbons (Fsp3) is 0.292. The Morgan fingerprint density at radius 2 is 2.00 bits per heavy atom. The predicted molar refractivity (Wildman–Crippen MR) is 115 cm³/mol. The van der Waals surface area contributed by atoms with E-state index < -0.39 is 11.6 Å². The largest absolute Gasteiger partial charge is 0.377 e. The van der Waals surface area contributed by atoms with Crippen LogP contribution < -0.4 is 10.2 Å². The van der Waals surface area contributed by atoms with Gasteiger partial charge in [0.2, 0.25) is 0 Å². The van der Waals surface area contributed by atoms with Crippen molar-refractivity contribution in [2.75, 3.05) is 24.7 Å². The number of hydrogen-bond donors (Lipinski definition) is 1. The number of halogens is 2. The molecule has 0 radical (unpaired) electrons. The first-order valence-electron chi connectivity index (χ1n) is 10.6. The number of morpholine rings is 1. The van der Waals surface area contributed by atoms with E-state index in [1.807, 2.05) is 18.3 Å². The van der Waals surface area contributed by atoms with Crippen molar-refractivity contribution in [2.24, 2.45) is 0 Å². The van der Waals surface area contributed by atoms with Gasteiger partial charge in [0.15, 0.2) is 0 Å². The SMILES string of the molecule is CC1COCCN1c1ccc(Cc2cc(-c3c(F)cccc3F)nc3c2C(=O)NC3)nc1. The van der Waals surface area contributed by atoms with Gasteiger partial charge in [-0.15, -0.1) is 0 Å². The van der Waals surface area contributed by atoms with E-state index in [4.69, 9.17) is 4.74 Å². The number of anilines is 1. The minimum absolute atomic E-state index is 0.171. The number of benzene rings is 1. The number of carbonyl (C=O) groups is 1. The van der Waals surface area contributed by atoms with Gasteiger partial charge < -0.3 is 15.0 Å². The highest BCUT2D eigenvalue weighted by Crippen LogP contribution is 2.30. The monoisotopic (exact) mass is 436 g/mol. The third-order valence-electron chi connectivity index (χ3n) is 5.92. The first-order valence-corrected chi connectivity index (χ1v) is 10.6. The Morgan fingerprint density at radius 3 is 2.72 bits per heavy atom. The van der Waals surface area contributed by atoms with Crippen molar-refractivity contribution >= 4 is 11.6 Å². The number of fused-ring (bicyclic) bond motifs is 1. The lowest BCUT2D eigenvalue weighted by atomic mass is 9.98. The summed E-state index contributed by atoms with van der Waals surface area (Å²) >= 11 is 0. The van der Waals surface area contributed by atoms with Crippen LogP contribution in [0.1, 0.15) is 34.2 Å². The molecule has 2 aromatic heterocycles. The number of amides is 1. The standard InChI is InChI=1S/C24H22F2N4O2/c1-14-13-32-8-7-30(14)17-6-5-16(27-11-17)9-15-10-20(23-18(25)3-2-4-19(23)26)29-21-12-28-24(31)22(15)21/h2-6,10-11,14H,7-9,12-13H2,1H3,(H,28,31).